The highest BCUT2D eigenvalue weighted by atomic mass is 35.5. The average molecular weight is 468 g/mol. The Morgan fingerprint density at radius 1 is 0.552 bits per heavy atom. The molecule has 0 saturated carbocycles. The minimum atomic E-state index is 0.0126. The van der Waals surface area contributed by atoms with Crippen LogP contribution in [0.4, 0.5) is 11.4 Å². The van der Waals surface area contributed by atoms with Crippen molar-refractivity contribution < 1.29 is 0 Å². The maximum absolute atomic E-state index is 6.38. The topological polar surface area (TPSA) is 24.1 Å². The van der Waals surface area contributed by atoms with Crippen molar-refractivity contribution >= 4 is 57.8 Å². The van der Waals surface area contributed by atoms with Crippen LogP contribution in [0, 0.1) is 0 Å². The largest absolute Gasteiger partial charge is 0.379 e. The number of anilines is 2. The molecule has 0 bridgehead atoms. The van der Waals surface area contributed by atoms with E-state index in [9.17, 15) is 0 Å². The summed E-state index contributed by atoms with van der Waals surface area (Å²) in [6, 6.07) is 21.3. The van der Waals surface area contributed by atoms with Crippen LogP contribution in [-0.2, 0) is 0 Å². The van der Waals surface area contributed by atoms with Crippen LogP contribution in [0.3, 0.4) is 0 Å². The fourth-order valence-electron chi connectivity index (χ4n) is 3.59. The van der Waals surface area contributed by atoms with Gasteiger partial charge in [0.25, 0.3) is 0 Å². The van der Waals surface area contributed by atoms with Crippen LogP contribution in [0.2, 0.25) is 20.1 Å². The van der Waals surface area contributed by atoms with Crippen LogP contribution in [0.1, 0.15) is 25.3 Å². The maximum atomic E-state index is 6.38. The molecule has 2 N–H and O–H groups in total. The Hall–Kier alpha value is -1.58. The van der Waals surface area contributed by atoms with E-state index in [0.717, 1.165) is 11.4 Å². The van der Waals surface area contributed by atoms with Gasteiger partial charge < -0.3 is 10.6 Å². The molecule has 2 atom stereocenters. The Kier molecular flexibility index (Phi) is 7.59. The van der Waals surface area contributed by atoms with Crippen molar-refractivity contribution in [3.05, 3.63) is 92.4 Å². The molecule has 0 saturated heterocycles. The lowest BCUT2D eigenvalue weighted by Crippen LogP contribution is -2.36. The molecule has 3 aromatic rings. The van der Waals surface area contributed by atoms with Crippen molar-refractivity contribution in [1.82, 2.24) is 0 Å². The fraction of sp³-hybridized carbons (Fsp3) is 0.217. The Labute approximate surface area is 192 Å². The number of halogens is 4. The third-order valence-electron chi connectivity index (χ3n) is 4.93. The Morgan fingerprint density at radius 3 is 1.31 bits per heavy atom. The summed E-state index contributed by atoms with van der Waals surface area (Å²) in [5.41, 5.74) is 2.64. The van der Waals surface area contributed by atoms with Crippen molar-refractivity contribution in [2.24, 2.45) is 0 Å². The molecule has 0 fully saturated rings. The average Bonchev–Trinajstić information content (AvgIpc) is 2.69. The summed E-state index contributed by atoms with van der Waals surface area (Å²) in [6.45, 7) is 4.23. The number of nitrogens with one attached hydrogen (secondary N) is 2. The van der Waals surface area contributed by atoms with Gasteiger partial charge >= 0.3 is 0 Å². The summed E-state index contributed by atoms with van der Waals surface area (Å²) in [6.07, 6.45) is 0. The molecular formula is C23H22Cl4N2. The normalized spacial score (nSPS) is 14.1. The summed E-state index contributed by atoms with van der Waals surface area (Å²) < 4.78 is 0. The molecule has 0 aliphatic rings. The van der Waals surface area contributed by atoms with Crippen molar-refractivity contribution in [2.75, 3.05) is 10.6 Å². The molecule has 0 aromatic heterocycles. The molecule has 0 aliphatic heterocycles. The first-order valence-corrected chi connectivity index (χ1v) is 10.9. The van der Waals surface area contributed by atoms with Gasteiger partial charge in [0.15, 0.2) is 0 Å². The standard InChI is InChI=1S/C23H22Cl4N2/c1-14(28-22-17(24)10-6-11-18(22)25)21(16-8-4-3-5-9-16)15(2)29-23-19(26)12-7-13-20(23)27/h3-15,21,28-29H,1-2H3. The molecule has 0 radical (unpaired) electrons. The summed E-state index contributed by atoms with van der Waals surface area (Å²) in [7, 11) is 0. The Morgan fingerprint density at radius 2 is 0.931 bits per heavy atom. The van der Waals surface area contributed by atoms with Gasteiger partial charge in [-0.25, -0.2) is 0 Å². The minimum Gasteiger partial charge on any atom is -0.379 e. The van der Waals surface area contributed by atoms with Crippen molar-refractivity contribution in [3.8, 4) is 0 Å². The van der Waals surface area contributed by atoms with Crippen LogP contribution in [-0.4, -0.2) is 12.1 Å². The summed E-state index contributed by atoms with van der Waals surface area (Å²) in [4.78, 5) is 0. The van der Waals surface area contributed by atoms with Crippen molar-refractivity contribution in [1.29, 1.82) is 0 Å². The molecule has 6 heteroatoms. The monoisotopic (exact) mass is 466 g/mol. The molecule has 0 heterocycles. The lowest BCUT2D eigenvalue weighted by molar-refractivity contribution is 0.536. The predicted molar refractivity (Wildman–Crippen MR) is 128 cm³/mol. The van der Waals surface area contributed by atoms with Crippen molar-refractivity contribution in [2.45, 2.75) is 31.8 Å². The predicted octanol–water partition coefficient (Wildman–Crippen LogP) is 8.39. The van der Waals surface area contributed by atoms with E-state index >= 15 is 0 Å². The van der Waals surface area contributed by atoms with Gasteiger partial charge in [0.2, 0.25) is 0 Å². The highest BCUT2D eigenvalue weighted by molar-refractivity contribution is 6.39. The molecular weight excluding hydrogens is 446 g/mol. The molecule has 0 amide bonds. The quantitative estimate of drug-likeness (QED) is 0.364. The lowest BCUT2D eigenvalue weighted by Gasteiger charge is -2.33. The number of benzene rings is 3. The van der Waals surface area contributed by atoms with E-state index < -0.39 is 0 Å². The van der Waals surface area contributed by atoms with Gasteiger partial charge in [-0.3, -0.25) is 0 Å². The van der Waals surface area contributed by atoms with Gasteiger partial charge in [0, 0.05) is 18.0 Å². The first kappa shape index (κ1) is 22.1. The number of hydrogen-bond donors (Lipinski definition) is 2. The smallest absolute Gasteiger partial charge is 0.0721 e. The third kappa shape index (κ3) is 5.32. The summed E-state index contributed by atoms with van der Waals surface area (Å²) in [5.74, 6) is 0.0795. The second-order valence-corrected chi connectivity index (χ2v) is 8.62. The van der Waals surface area contributed by atoms with E-state index in [1.54, 1.807) is 0 Å². The molecule has 0 aliphatic carbocycles. The van der Waals surface area contributed by atoms with E-state index in [1.165, 1.54) is 5.56 Å². The Balaban J connectivity index is 1.92. The SMILES string of the molecule is CC(Nc1c(Cl)cccc1Cl)C(c1ccccc1)C(C)Nc1c(Cl)cccc1Cl. The molecule has 3 aromatic carbocycles. The van der Waals surface area contributed by atoms with Crippen molar-refractivity contribution in [3.63, 3.8) is 0 Å². The number of hydrogen-bond acceptors (Lipinski definition) is 2. The van der Waals surface area contributed by atoms with Gasteiger partial charge in [0.1, 0.15) is 0 Å². The highest BCUT2D eigenvalue weighted by Gasteiger charge is 2.27. The zero-order valence-corrected chi connectivity index (χ0v) is 19.1. The highest BCUT2D eigenvalue weighted by Crippen LogP contribution is 2.36. The summed E-state index contributed by atoms with van der Waals surface area (Å²) >= 11 is 25.5. The Bertz CT molecular complexity index is 862. The molecule has 152 valence electrons. The molecule has 29 heavy (non-hydrogen) atoms. The van der Waals surface area contributed by atoms with Crippen LogP contribution < -0.4 is 10.6 Å². The van der Waals surface area contributed by atoms with Crippen LogP contribution in [0.25, 0.3) is 0 Å². The zero-order chi connectivity index (χ0) is 21.0. The molecule has 2 unspecified atom stereocenters. The molecule has 2 nitrogen and oxygen atoms in total. The number of rotatable bonds is 7. The molecule has 0 spiro atoms. The zero-order valence-electron chi connectivity index (χ0n) is 16.1. The van der Waals surface area contributed by atoms with Crippen LogP contribution >= 0.6 is 46.4 Å². The van der Waals surface area contributed by atoms with E-state index in [-0.39, 0.29) is 18.0 Å². The lowest BCUT2D eigenvalue weighted by atomic mass is 9.86. The first-order chi connectivity index (χ1) is 13.9. The van der Waals surface area contributed by atoms with E-state index in [4.69, 9.17) is 46.4 Å². The van der Waals surface area contributed by atoms with E-state index in [0.29, 0.717) is 20.1 Å². The number of para-hydroxylation sites is 2. The van der Waals surface area contributed by atoms with Gasteiger partial charge in [-0.1, -0.05) is 88.9 Å². The maximum Gasteiger partial charge on any atom is 0.0721 e. The second-order valence-electron chi connectivity index (χ2n) is 7.00. The van der Waals surface area contributed by atoms with Gasteiger partial charge in [-0.05, 0) is 43.7 Å². The van der Waals surface area contributed by atoms with E-state index in [1.807, 2.05) is 54.6 Å². The summed E-state index contributed by atoms with van der Waals surface area (Å²) in [5, 5.41) is 9.36. The minimum absolute atomic E-state index is 0.0126. The van der Waals surface area contributed by atoms with Gasteiger partial charge in [-0.2, -0.15) is 0 Å². The molecule has 3 rings (SSSR count). The van der Waals surface area contributed by atoms with Crippen LogP contribution in [0.15, 0.2) is 66.7 Å². The van der Waals surface area contributed by atoms with Gasteiger partial charge in [-0.15, -0.1) is 0 Å². The van der Waals surface area contributed by atoms with Gasteiger partial charge in [0.05, 0.1) is 31.5 Å². The fourth-order valence-corrected chi connectivity index (χ4v) is 4.61. The van der Waals surface area contributed by atoms with Crippen LogP contribution in [0.5, 0.6) is 0 Å². The second kappa shape index (κ2) is 9.95. The third-order valence-corrected chi connectivity index (χ3v) is 6.19. The van der Waals surface area contributed by atoms with E-state index in [2.05, 4.69) is 36.6 Å². The first-order valence-electron chi connectivity index (χ1n) is 9.34.